The van der Waals surface area contributed by atoms with Gasteiger partial charge >= 0.3 is 0 Å². The fourth-order valence-corrected chi connectivity index (χ4v) is 2.64. The van der Waals surface area contributed by atoms with E-state index >= 15 is 0 Å². The second-order valence-electron chi connectivity index (χ2n) is 5.41. The van der Waals surface area contributed by atoms with Crippen molar-refractivity contribution in [3.8, 4) is 5.75 Å². The Morgan fingerprint density at radius 1 is 0.792 bits per heavy atom. The van der Waals surface area contributed by atoms with E-state index in [9.17, 15) is 4.79 Å². The molecule has 0 saturated heterocycles. The molecule has 0 unspecified atom stereocenters. The number of rotatable bonds is 5. The lowest BCUT2D eigenvalue weighted by molar-refractivity contribution is 0.112. The van der Waals surface area contributed by atoms with Crippen molar-refractivity contribution in [2.45, 2.75) is 0 Å². The van der Waals surface area contributed by atoms with Gasteiger partial charge in [-0.25, -0.2) is 0 Å². The van der Waals surface area contributed by atoms with Gasteiger partial charge in [0.1, 0.15) is 12.0 Å². The molecule has 0 bridgehead atoms. The van der Waals surface area contributed by atoms with E-state index in [2.05, 4.69) is 18.2 Å². The minimum absolute atomic E-state index is 0.665. The van der Waals surface area contributed by atoms with Crippen LogP contribution in [0.4, 0.5) is 0 Å². The molecule has 2 heteroatoms. The Bertz CT molecular complexity index is 847. The first-order valence-corrected chi connectivity index (χ1v) is 7.77. The highest BCUT2D eigenvalue weighted by Gasteiger charge is 2.10. The van der Waals surface area contributed by atoms with Crippen molar-refractivity contribution in [1.82, 2.24) is 0 Å². The minimum Gasteiger partial charge on any atom is -0.496 e. The van der Waals surface area contributed by atoms with Crippen LogP contribution in [-0.2, 0) is 0 Å². The molecule has 0 spiro atoms. The monoisotopic (exact) mass is 314 g/mol. The number of hydrogen-bond donors (Lipinski definition) is 0. The van der Waals surface area contributed by atoms with Gasteiger partial charge in [-0.3, -0.25) is 4.79 Å². The van der Waals surface area contributed by atoms with Crippen molar-refractivity contribution in [3.05, 3.63) is 101 Å². The van der Waals surface area contributed by atoms with Gasteiger partial charge in [0.15, 0.2) is 0 Å². The molecular weight excluding hydrogens is 296 g/mol. The molecule has 0 atom stereocenters. The number of hydrogen-bond acceptors (Lipinski definition) is 2. The fourth-order valence-electron chi connectivity index (χ4n) is 2.64. The van der Waals surface area contributed by atoms with Crippen LogP contribution < -0.4 is 4.74 Å². The second kappa shape index (κ2) is 7.42. The van der Waals surface area contributed by atoms with Crippen molar-refractivity contribution in [2.75, 3.05) is 7.11 Å². The second-order valence-corrected chi connectivity index (χ2v) is 5.41. The lowest BCUT2D eigenvalue weighted by Crippen LogP contribution is -1.94. The Morgan fingerprint density at radius 3 is 2.12 bits per heavy atom. The summed E-state index contributed by atoms with van der Waals surface area (Å²) in [7, 11) is 1.68. The topological polar surface area (TPSA) is 26.3 Å². The van der Waals surface area contributed by atoms with Crippen molar-refractivity contribution < 1.29 is 9.53 Å². The molecule has 0 aromatic heterocycles. The van der Waals surface area contributed by atoms with Crippen LogP contribution in [0.2, 0.25) is 0 Å². The van der Waals surface area contributed by atoms with Gasteiger partial charge < -0.3 is 4.74 Å². The Kier molecular flexibility index (Phi) is 4.87. The van der Waals surface area contributed by atoms with E-state index in [-0.39, 0.29) is 0 Å². The molecule has 24 heavy (non-hydrogen) atoms. The quantitative estimate of drug-likeness (QED) is 0.484. The van der Waals surface area contributed by atoms with E-state index in [1.807, 2.05) is 66.7 Å². The van der Waals surface area contributed by atoms with Crippen molar-refractivity contribution in [1.29, 1.82) is 0 Å². The molecule has 0 radical (unpaired) electrons. The molecule has 0 saturated carbocycles. The van der Waals surface area contributed by atoms with Gasteiger partial charge in [-0.05, 0) is 28.8 Å². The number of methoxy groups -OCH3 is 1. The third-order valence-electron chi connectivity index (χ3n) is 3.87. The maximum Gasteiger partial charge on any atom is 0.150 e. The van der Waals surface area contributed by atoms with Crippen molar-refractivity contribution in [2.24, 2.45) is 0 Å². The van der Waals surface area contributed by atoms with Crippen LogP contribution in [-0.4, -0.2) is 13.4 Å². The molecule has 0 fully saturated rings. The lowest BCUT2D eigenvalue weighted by Gasteiger charge is -2.13. The summed E-state index contributed by atoms with van der Waals surface area (Å²) in [4.78, 5) is 10.9. The van der Waals surface area contributed by atoms with E-state index < -0.39 is 0 Å². The van der Waals surface area contributed by atoms with Gasteiger partial charge in [-0.15, -0.1) is 0 Å². The molecule has 3 aromatic carbocycles. The van der Waals surface area contributed by atoms with Crippen LogP contribution >= 0.6 is 0 Å². The van der Waals surface area contributed by atoms with Crippen LogP contribution in [0.15, 0.2) is 78.9 Å². The van der Waals surface area contributed by atoms with Crippen LogP contribution in [0.5, 0.6) is 5.75 Å². The SMILES string of the molecule is COc1ccccc1/C(=C/c1ccccc1)c1ccc(C=O)cc1. The summed E-state index contributed by atoms with van der Waals surface area (Å²) < 4.78 is 5.53. The van der Waals surface area contributed by atoms with E-state index in [1.165, 1.54) is 0 Å². The Balaban J connectivity index is 2.17. The molecule has 3 aromatic rings. The zero-order valence-corrected chi connectivity index (χ0v) is 13.5. The van der Waals surface area contributed by atoms with Gasteiger partial charge in [-0.2, -0.15) is 0 Å². The average Bonchev–Trinajstić information content (AvgIpc) is 2.67. The van der Waals surface area contributed by atoms with Gasteiger partial charge in [0.2, 0.25) is 0 Å². The number of ether oxygens (including phenoxy) is 1. The number of benzene rings is 3. The highest BCUT2D eigenvalue weighted by atomic mass is 16.5. The summed E-state index contributed by atoms with van der Waals surface area (Å²) in [5.41, 5.74) is 4.88. The zero-order chi connectivity index (χ0) is 16.8. The molecule has 3 rings (SSSR count). The Labute approximate surface area is 142 Å². The summed E-state index contributed by atoms with van der Waals surface area (Å²) >= 11 is 0. The van der Waals surface area contributed by atoms with Gasteiger partial charge in [-0.1, -0.05) is 72.8 Å². The summed E-state index contributed by atoms with van der Waals surface area (Å²) in [5, 5.41) is 0. The predicted octanol–water partition coefficient (Wildman–Crippen LogP) is 5.10. The van der Waals surface area contributed by atoms with Crippen molar-refractivity contribution in [3.63, 3.8) is 0 Å². The highest BCUT2D eigenvalue weighted by molar-refractivity contribution is 5.93. The molecule has 0 heterocycles. The van der Waals surface area contributed by atoms with Crippen LogP contribution in [0.3, 0.4) is 0 Å². The first kappa shape index (κ1) is 15.8. The summed E-state index contributed by atoms with van der Waals surface area (Å²) in [6.07, 6.45) is 2.99. The Morgan fingerprint density at radius 2 is 1.46 bits per heavy atom. The number of aldehydes is 1. The highest BCUT2D eigenvalue weighted by Crippen LogP contribution is 2.32. The zero-order valence-electron chi connectivity index (χ0n) is 13.5. The maximum atomic E-state index is 10.9. The fraction of sp³-hybridized carbons (Fsp3) is 0.0455. The van der Waals surface area contributed by atoms with E-state index in [0.717, 1.165) is 34.3 Å². The molecule has 0 N–H and O–H groups in total. The van der Waals surface area contributed by atoms with Crippen LogP contribution in [0.25, 0.3) is 11.6 Å². The minimum atomic E-state index is 0.665. The lowest BCUT2D eigenvalue weighted by atomic mass is 9.94. The van der Waals surface area contributed by atoms with Gasteiger partial charge in [0.05, 0.1) is 7.11 Å². The summed E-state index contributed by atoms with van der Waals surface area (Å²) in [5.74, 6) is 0.819. The van der Waals surface area contributed by atoms with E-state index in [4.69, 9.17) is 4.74 Å². The molecule has 118 valence electrons. The Hall–Kier alpha value is -3.13. The van der Waals surface area contributed by atoms with Crippen LogP contribution in [0, 0.1) is 0 Å². The first-order chi connectivity index (χ1) is 11.8. The average molecular weight is 314 g/mol. The van der Waals surface area contributed by atoms with Crippen LogP contribution in [0.1, 0.15) is 27.0 Å². The third kappa shape index (κ3) is 3.44. The van der Waals surface area contributed by atoms with E-state index in [0.29, 0.717) is 5.56 Å². The first-order valence-electron chi connectivity index (χ1n) is 7.77. The van der Waals surface area contributed by atoms with E-state index in [1.54, 1.807) is 7.11 Å². The third-order valence-corrected chi connectivity index (χ3v) is 3.87. The summed E-state index contributed by atoms with van der Waals surface area (Å²) in [6.45, 7) is 0. The maximum absolute atomic E-state index is 10.9. The number of carbonyl (C=O) groups is 1. The van der Waals surface area contributed by atoms with Crippen molar-refractivity contribution >= 4 is 17.9 Å². The molecule has 0 aliphatic rings. The molecule has 2 nitrogen and oxygen atoms in total. The largest absolute Gasteiger partial charge is 0.496 e. The molecule has 0 aliphatic carbocycles. The predicted molar refractivity (Wildman–Crippen MR) is 98.2 cm³/mol. The van der Waals surface area contributed by atoms with Gasteiger partial charge in [0, 0.05) is 11.1 Å². The molecule has 0 aliphatic heterocycles. The number of para-hydroxylation sites is 1. The standard InChI is InChI=1S/C22H18O2/c1-24-22-10-6-5-9-20(22)21(15-17-7-3-2-4-8-17)19-13-11-18(16-23)12-14-19/h2-16H,1H3/b21-15+. The van der Waals surface area contributed by atoms with Gasteiger partial charge in [0.25, 0.3) is 0 Å². The normalized spacial score (nSPS) is 11.1. The smallest absolute Gasteiger partial charge is 0.150 e. The molecule has 0 amide bonds. The molecular formula is C22H18O2. The summed E-state index contributed by atoms with van der Waals surface area (Å²) in [6, 6.07) is 25.7. The number of carbonyl (C=O) groups excluding carboxylic acids is 1.